The number of carbonyl (C=O) groups is 1. The van der Waals surface area contributed by atoms with Gasteiger partial charge in [-0.25, -0.2) is 0 Å². The molecule has 0 atom stereocenters. The molecule has 6 heteroatoms. The van der Waals surface area contributed by atoms with Crippen LogP contribution in [0.15, 0.2) is 69.9 Å². The number of furan rings is 2. The van der Waals surface area contributed by atoms with Crippen molar-refractivity contribution in [1.82, 2.24) is 4.90 Å². The van der Waals surface area contributed by atoms with Gasteiger partial charge < -0.3 is 18.9 Å². The van der Waals surface area contributed by atoms with Gasteiger partial charge in [0.05, 0.1) is 39.3 Å². The molecule has 6 nitrogen and oxygen atoms in total. The molecule has 0 unspecified atom stereocenters. The Morgan fingerprint density at radius 3 is 2.08 bits per heavy atom. The highest BCUT2D eigenvalue weighted by molar-refractivity contribution is 5.92. The number of nitrogens with zero attached hydrogens (tertiary/aromatic N) is 1. The average Bonchev–Trinajstić information content (AvgIpc) is 3.29. The van der Waals surface area contributed by atoms with Crippen molar-refractivity contribution >= 4 is 11.6 Å². The van der Waals surface area contributed by atoms with Crippen LogP contribution in [0.25, 0.3) is 0 Å². The largest absolute Gasteiger partial charge is 0.497 e. The van der Waals surface area contributed by atoms with E-state index in [1.165, 1.54) is 0 Å². The highest BCUT2D eigenvalue weighted by Gasteiger charge is 2.15. The third-order valence-electron chi connectivity index (χ3n) is 3.66. The summed E-state index contributed by atoms with van der Waals surface area (Å²) in [6, 6.07) is 14.7. The van der Waals surface area contributed by atoms with Crippen molar-refractivity contribution in [3.05, 3.63) is 72.6 Å². The van der Waals surface area contributed by atoms with Gasteiger partial charge in [0.15, 0.2) is 0 Å². The predicted octanol–water partition coefficient (Wildman–Crippen LogP) is 3.52. The van der Waals surface area contributed by atoms with Gasteiger partial charge in [-0.1, -0.05) is 0 Å². The first kappa shape index (κ1) is 16.9. The van der Waals surface area contributed by atoms with E-state index < -0.39 is 0 Å². The molecule has 0 spiro atoms. The molecule has 130 valence electrons. The number of methoxy groups -OCH3 is 1. The smallest absolute Gasteiger partial charge is 0.238 e. The average molecular weight is 340 g/mol. The molecule has 25 heavy (non-hydrogen) atoms. The van der Waals surface area contributed by atoms with Crippen molar-refractivity contribution in [2.75, 3.05) is 19.0 Å². The maximum absolute atomic E-state index is 12.4. The predicted molar refractivity (Wildman–Crippen MR) is 93.2 cm³/mol. The zero-order valence-electron chi connectivity index (χ0n) is 14.0. The number of ether oxygens (including phenoxy) is 1. The monoisotopic (exact) mass is 340 g/mol. The third-order valence-corrected chi connectivity index (χ3v) is 3.66. The van der Waals surface area contributed by atoms with Gasteiger partial charge in [-0.3, -0.25) is 9.69 Å². The van der Waals surface area contributed by atoms with E-state index in [9.17, 15) is 4.79 Å². The summed E-state index contributed by atoms with van der Waals surface area (Å²) in [5.41, 5.74) is 0.724. The van der Waals surface area contributed by atoms with E-state index in [4.69, 9.17) is 13.6 Å². The fourth-order valence-corrected chi connectivity index (χ4v) is 2.49. The van der Waals surface area contributed by atoms with Gasteiger partial charge in [0.25, 0.3) is 0 Å². The summed E-state index contributed by atoms with van der Waals surface area (Å²) in [5, 5.41) is 2.89. The van der Waals surface area contributed by atoms with Crippen LogP contribution in [0.4, 0.5) is 5.69 Å². The lowest BCUT2D eigenvalue weighted by atomic mass is 10.3. The Morgan fingerprint density at radius 2 is 1.60 bits per heavy atom. The zero-order valence-corrected chi connectivity index (χ0v) is 14.0. The molecule has 1 aromatic carbocycles. The number of anilines is 1. The van der Waals surface area contributed by atoms with E-state index in [-0.39, 0.29) is 12.5 Å². The summed E-state index contributed by atoms with van der Waals surface area (Å²) in [7, 11) is 1.61. The lowest BCUT2D eigenvalue weighted by Crippen LogP contribution is -2.32. The Morgan fingerprint density at radius 1 is 1.00 bits per heavy atom. The summed E-state index contributed by atoms with van der Waals surface area (Å²) in [5.74, 6) is 2.23. The van der Waals surface area contributed by atoms with Crippen molar-refractivity contribution in [2.24, 2.45) is 0 Å². The van der Waals surface area contributed by atoms with Crippen molar-refractivity contribution < 1.29 is 18.4 Å². The topological polar surface area (TPSA) is 67.8 Å². The maximum Gasteiger partial charge on any atom is 0.238 e. The summed E-state index contributed by atoms with van der Waals surface area (Å²) in [4.78, 5) is 14.3. The molecule has 1 amide bonds. The van der Waals surface area contributed by atoms with Gasteiger partial charge in [-0.15, -0.1) is 0 Å². The molecule has 0 radical (unpaired) electrons. The first-order valence-corrected chi connectivity index (χ1v) is 7.94. The molecule has 0 aliphatic rings. The van der Waals surface area contributed by atoms with Gasteiger partial charge in [0.1, 0.15) is 17.3 Å². The second kappa shape index (κ2) is 8.21. The van der Waals surface area contributed by atoms with Crippen LogP contribution < -0.4 is 10.1 Å². The molecule has 0 bridgehead atoms. The Hall–Kier alpha value is -2.99. The summed E-state index contributed by atoms with van der Waals surface area (Å²) in [6.45, 7) is 1.25. The van der Waals surface area contributed by atoms with Crippen LogP contribution in [0.5, 0.6) is 5.75 Å². The molecule has 3 rings (SSSR count). The summed E-state index contributed by atoms with van der Waals surface area (Å²) < 4.78 is 15.9. The lowest BCUT2D eigenvalue weighted by molar-refractivity contribution is -0.117. The van der Waals surface area contributed by atoms with Crippen molar-refractivity contribution in [1.29, 1.82) is 0 Å². The molecule has 0 aliphatic heterocycles. The second-order valence-corrected chi connectivity index (χ2v) is 5.58. The van der Waals surface area contributed by atoms with E-state index >= 15 is 0 Å². The Bertz CT molecular complexity index is 728. The highest BCUT2D eigenvalue weighted by atomic mass is 16.5. The van der Waals surface area contributed by atoms with Crippen LogP contribution in [-0.4, -0.2) is 24.5 Å². The molecule has 1 N–H and O–H groups in total. The van der Waals surface area contributed by atoms with Crippen LogP contribution in [-0.2, 0) is 17.9 Å². The Balaban J connectivity index is 1.62. The first-order chi connectivity index (χ1) is 12.2. The molecule has 0 fully saturated rings. The van der Waals surface area contributed by atoms with Crippen LogP contribution in [0, 0.1) is 0 Å². The molecule has 2 aromatic heterocycles. The number of benzene rings is 1. The minimum absolute atomic E-state index is 0.108. The normalized spacial score (nSPS) is 10.8. The number of hydrogen-bond donors (Lipinski definition) is 1. The quantitative estimate of drug-likeness (QED) is 0.679. The summed E-state index contributed by atoms with van der Waals surface area (Å²) >= 11 is 0. The minimum Gasteiger partial charge on any atom is -0.497 e. The lowest BCUT2D eigenvalue weighted by Gasteiger charge is -2.19. The van der Waals surface area contributed by atoms with Crippen molar-refractivity contribution in [3.8, 4) is 5.75 Å². The third kappa shape index (κ3) is 4.99. The number of carbonyl (C=O) groups excluding carboxylic acids is 1. The van der Waals surface area contributed by atoms with Crippen LogP contribution in [0.2, 0.25) is 0 Å². The molecule has 0 saturated heterocycles. The molecule has 0 saturated carbocycles. The van der Waals surface area contributed by atoms with E-state index in [2.05, 4.69) is 5.32 Å². The molecule has 3 aromatic rings. The van der Waals surface area contributed by atoms with Gasteiger partial charge in [0.2, 0.25) is 5.91 Å². The van der Waals surface area contributed by atoms with Crippen LogP contribution >= 0.6 is 0 Å². The van der Waals surface area contributed by atoms with E-state index in [0.717, 1.165) is 23.0 Å². The second-order valence-electron chi connectivity index (χ2n) is 5.58. The number of nitrogens with one attached hydrogen (secondary N) is 1. The standard InChI is InChI=1S/C19H20N2O4/c1-23-16-8-6-15(7-9-16)20-19(22)14-21(12-17-4-2-10-24-17)13-18-5-3-11-25-18/h2-11H,12-14H2,1H3,(H,20,22). The Kier molecular flexibility index (Phi) is 5.53. The Labute approximate surface area is 146 Å². The highest BCUT2D eigenvalue weighted by Crippen LogP contribution is 2.16. The molecule has 2 heterocycles. The number of rotatable bonds is 8. The van der Waals surface area contributed by atoms with Gasteiger partial charge in [0, 0.05) is 5.69 Å². The van der Waals surface area contributed by atoms with E-state index in [0.29, 0.717) is 13.1 Å². The maximum atomic E-state index is 12.4. The molecular formula is C19H20N2O4. The molecule has 0 aliphatic carbocycles. The SMILES string of the molecule is COc1ccc(NC(=O)CN(Cc2ccco2)Cc2ccco2)cc1. The van der Waals surface area contributed by atoms with Crippen molar-refractivity contribution in [3.63, 3.8) is 0 Å². The van der Waals surface area contributed by atoms with Crippen LogP contribution in [0.1, 0.15) is 11.5 Å². The fraction of sp³-hybridized carbons (Fsp3) is 0.211. The minimum atomic E-state index is -0.108. The first-order valence-electron chi connectivity index (χ1n) is 7.94. The van der Waals surface area contributed by atoms with Gasteiger partial charge >= 0.3 is 0 Å². The van der Waals surface area contributed by atoms with Crippen LogP contribution in [0.3, 0.4) is 0 Å². The fourth-order valence-electron chi connectivity index (χ4n) is 2.49. The van der Waals surface area contributed by atoms with E-state index in [1.54, 1.807) is 43.9 Å². The zero-order chi connectivity index (χ0) is 17.5. The van der Waals surface area contributed by atoms with E-state index in [1.807, 2.05) is 29.2 Å². The van der Waals surface area contributed by atoms with Crippen molar-refractivity contribution in [2.45, 2.75) is 13.1 Å². The van der Waals surface area contributed by atoms with Gasteiger partial charge in [-0.05, 0) is 48.5 Å². The number of amides is 1. The summed E-state index contributed by atoms with van der Waals surface area (Å²) in [6.07, 6.45) is 3.25. The number of hydrogen-bond acceptors (Lipinski definition) is 5. The molecular weight excluding hydrogens is 320 g/mol. The van der Waals surface area contributed by atoms with Gasteiger partial charge in [-0.2, -0.15) is 0 Å².